The van der Waals surface area contributed by atoms with Gasteiger partial charge < -0.3 is 14.2 Å². The zero-order valence-corrected chi connectivity index (χ0v) is 42.6. The molecule has 372 valence electrons. The number of carbonyl (C=O) groups excluding carboxylic acids is 3. The second-order valence-electron chi connectivity index (χ2n) is 19.2. The molecule has 0 radical (unpaired) electrons. The minimum atomic E-state index is -0.766. The summed E-state index contributed by atoms with van der Waals surface area (Å²) in [4.78, 5) is 38.0. The third-order valence-corrected chi connectivity index (χ3v) is 12.8. The smallest absolute Gasteiger partial charge is 0.306 e. The Balaban J connectivity index is 4.24. The van der Waals surface area contributed by atoms with Crippen LogP contribution in [0.4, 0.5) is 0 Å². The van der Waals surface area contributed by atoms with E-state index in [9.17, 15) is 14.4 Å². The van der Waals surface area contributed by atoms with E-state index in [2.05, 4.69) is 32.9 Å². The Morgan fingerprint density at radius 1 is 0.302 bits per heavy atom. The van der Waals surface area contributed by atoms with Crippen LogP contribution in [0, 0.1) is 0 Å². The van der Waals surface area contributed by atoms with Crippen molar-refractivity contribution in [3.63, 3.8) is 0 Å². The Labute approximate surface area is 392 Å². The van der Waals surface area contributed by atoms with Crippen molar-refractivity contribution in [3.8, 4) is 0 Å². The van der Waals surface area contributed by atoms with E-state index in [4.69, 9.17) is 14.2 Å². The topological polar surface area (TPSA) is 78.9 Å². The molecule has 0 bridgehead atoms. The number of esters is 3. The highest BCUT2D eigenvalue weighted by Gasteiger charge is 2.19. The maximum absolute atomic E-state index is 12.8. The van der Waals surface area contributed by atoms with E-state index in [1.807, 2.05) is 0 Å². The summed E-state index contributed by atoms with van der Waals surface area (Å²) in [5.41, 5.74) is 0. The number of carbonyl (C=O) groups is 3. The molecule has 6 nitrogen and oxygen atoms in total. The zero-order chi connectivity index (χ0) is 45.8. The zero-order valence-electron chi connectivity index (χ0n) is 42.6. The molecule has 6 heteroatoms. The van der Waals surface area contributed by atoms with Gasteiger partial charge >= 0.3 is 17.9 Å². The second-order valence-corrected chi connectivity index (χ2v) is 19.2. The van der Waals surface area contributed by atoms with Gasteiger partial charge in [0.15, 0.2) is 6.10 Å². The number of hydrogen-bond acceptors (Lipinski definition) is 6. The molecule has 0 aromatic carbocycles. The minimum Gasteiger partial charge on any atom is -0.462 e. The normalized spacial score (nSPS) is 12.0. The first-order valence-corrected chi connectivity index (χ1v) is 28.2. The molecule has 0 rings (SSSR count). The Kier molecular flexibility index (Phi) is 51.2. The first-order chi connectivity index (χ1) is 31.0. The van der Waals surface area contributed by atoms with E-state index in [-0.39, 0.29) is 31.1 Å². The monoisotopic (exact) mass is 889 g/mol. The molecule has 0 aromatic heterocycles. The van der Waals surface area contributed by atoms with Crippen molar-refractivity contribution in [1.82, 2.24) is 0 Å². The van der Waals surface area contributed by atoms with Gasteiger partial charge in [-0.15, -0.1) is 0 Å². The van der Waals surface area contributed by atoms with Crippen LogP contribution < -0.4 is 0 Å². The molecule has 63 heavy (non-hydrogen) atoms. The first-order valence-electron chi connectivity index (χ1n) is 28.2. The number of hydrogen-bond donors (Lipinski definition) is 0. The van der Waals surface area contributed by atoms with Crippen molar-refractivity contribution < 1.29 is 28.6 Å². The van der Waals surface area contributed by atoms with Gasteiger partial charge in [-0.2, -0.15) is 0 Å². The number of allylic oxidation sites excluding steroid dienone is 2. The Morgan fingerprint density at radius 3 is 0.841 bits per heavy atom. The molecule has 1 unspecified atom stereocenters. The van der Waals surface area contributed by atoms with Crippen LogP contribution >= 0.6 is 0 Å². The van der Waals surface area contributed by atoms with Crippen LogP contribution in [0.1, 0.15) is 316 Å². The molecule has 0 saturated carbocycles. The maximum atomic E-state index is 12.8. The third-order valence-electron chi connectivity index (χ3n) is 12.8. The van der Waals surface area contributed by atoms with Crippen LogP contribution in [-0.2, 0) is 28.6 Å². The highest BCUT2D eigenvalue weighted by Crippen LogP contribution is 2.17. The molecule has 0 heterocycles. The molecule has 0 spiro atoms. The molecule has 0 fully saturated rings. The first kappa shape index (κ1) is 61.1. The molecule has 0 aromatic rings. The van der Waals surface area contributed by atoms with Gasteiger partial charge in [-0.05, 0) is 38.5 Å². The van der Waals surface area contributed by atoms with Crippen molar-refractivity contribution >= 4 is 17.9 Å². The summed E-state index contributed by atoms with van der Waals surface area (Å²) >= 11 is 0. The van der Waals surface area contributed by atoms with E-state index in [0.29, 0.717) is 19.3 Å². The van der Waals surface area contributed by atoms with Gasteiger partial charge in [0.05, 0.1) is 0 Å². The molecular weight excluding hydrogens is 781 g/mol. The van der Waals surface area contributed by atoms with Gasteiger partial charge in [0.25, 0.3) is 0 Å². The summed E-state index contributed by atoms with van der Waals surface area (Å²) in [6, 6.07) is 0. The van der Waals surface area contributed by atoms with Crippen molar-refractivity contribution in [2.75, 3.05) is 13.2 Å². The lowest BCUT2D eigenvalue weighted by Gasteiger charge is -2.18. The summed E-state index contributed by atoms with van der Waals surface area (Å²) < 4.78 is 16.8. The predicted molar refractivity (Wildman–Crippen MR) is 270 cm³/mol. The average Bonchev–Trinajstić information content (AvgIpc) is 3.28. The molecular formula is C57H108O6. The lowest BCUT2D eigenvalue weighted by Crippen LogP contribution is -2.30. The van der Waals surface area contributed by atoms with Gasteiger partial charge in [0, 0.05) is 19.3 Å². The summed E-state index contributed by atoms with van der Waals surface area (Å²) in [6.45, 7) is 6.65. The Bertz CT molecular complexity index is 978. The number of unbranched alkanes of at least 4 members (excludes halogenated alkanes) is 39. The van der Waals surface area contributed by atoms with Crippen LogP contribution in [0.15, 0.2) is 12.2 Å². The molecule has 0 aliphatic carbocycles. The SMILES string of the molecule is CCCC/C=C\CCCCCCCC(=O)OCC(COC(=O)CCCCCCCCCCCCCCCCCCCCCC)OC(=O)CCCCCCCCCCCCCCCC. The summed E-state index contributed by atoms with van der Waals surface area (Å²) in [6.07, 6.45) is 59.2. The number of ether oxygens (including phenoxy) is 3. The van der Waals surface area contributed by atoms with Crippen LogP contribution in [0.25, 0.3) is 0 Å². The predicted octanol–water partition coefficient (Wildman–Crippen LogP) is 18.5. The maximum Gasteiger partial charge on any atom is 0.306 e. The van der Waals surface area contributed by atoms with Gasteiger partial charge in [0.2, 0.25) is 0 Å². The Hall–Kier alpha value is -1.85. The lowest BCUT2D eigenvalue weighted by molar-refractivity contribution is -0.167. The van der Waals surface area contributed by atoms with Crippen molar-refractivity contribution in [2.45, 2.75) is 322 Å². The fourth-order valence-electron chi connectivity index (χ4n) is 8.49. The van der Waals surface area contributed by atoms with Gasteiger partial charge in [0.1, 0.15) is 13.2 Å². The second kappa shape index (κ2) is 52.8. The van der Waals surface area contributed by atoms with Gasteiger partial charge in [-0.3, -0.25) is 14.4 Å². The molecule has 0 aliphatic rings. The highest BCUT2D eigenvalue weighted by molar-refractivity contribution is 5.71. The summed E-state index contributed by atoms with van der Waals surface area (Å²) in [5.74, 6) is -0.855. The summed E-state index contributed by atoms with van der Waals surface area (Å²) in [7, 11) is 0. The van der Waals surface area contributed by atoms with E-state index in [0.717, 1.165) is 64.2 Å². The van der Waals surface area contributed by atoms with E-state index in [1.54, 1.807) is 0 Å². The third kappa shape index (κ3) is 51.0. The standard InChI is InChI=1S/C57H108O6/c1-4-7-10-13-16-19-22-24-26-27-28-29-30-31-33-35-38-41-44-47-50-56(59)62-53-54(52-61-55(58)49-46-43-40-37-34-21-18-15-12-9-6-3)63-57(60)51-48-45-42-39-36-32-25-23-20-17-14-11-8-5-2/h15,18,54H,4-14,16-17,19-53H2,1-3H3/b18-15-. The van der Waals surface area contributed by atoms with Crippen molar-refractivity contribution in [1.29, 1.82) is 0 Å². The van der Waals surface area contributed by atoms with E-state index in [1.165, 1.54) is 212 Å². The molecule has 0 aliphatic heterocycles. The largest absolute Gasteiger partial charge is 0.462 e. The average molecular weight is 889 g/mol. The fraction of sp³-hybridized carbons (Fsp3) is 0.912. The van der Waals surface area contributed by atoms with Gasteiger partial charge in [-0.1, -0.05) is 270 Å². The van der Waals surface area contributed by atoms with E-state index >= 15 is 0 Å². The van der Waals surface area contributed by atoms with Gasteiger partial charge in [-0.25, -0.2) is 0 Å². The molecule has 0 amide bonds. The molecule has 0 N–H and O–H groups in total. The fourth-order valence-corrected chi connectivity index (χ4v) is 8.49. The molecule has 0 saturated heterocycles. The van der Waals surface area contributed by atoms with Crippen molar-refractivity contribution in [3.05, 3.63) is 12.2 Å². The highest BCUT2D eigenvalue weighted by atomic mass is 16.6. The van der Waals surface area contributed by atoms with Crippen LogP contribution in [0.3, 0.4) is 0 Å². The Morgan fingerprint density at radius 2 is 0.540 bits per heavy atom. The number of rotatable bonds is 52. The van der Waals surface area contributed by atoms with Crippen LogP contribution in [-0.4, -0.2) is 37.2 Å². The van der Waals surface area contributed by atoms with E-state index < -0.39 is 6.10 Å². The summed E-state index contributed by atoms with van der Waals surface area (Å²) in [5, 5.41) is 0. The minimum absolute atomic E-state index is 0.0668. The lowest BCUT2D eigenvalue weighted by atomic mass is 10.0. The quantitative estimate of drug-likeness (QED) is 0.0262. The van der Waals surface area contributed by atoms with Crippen LogP contribution in [0.5, 0.6) is 0 Å². The van der Waals surface area contributed by atoms with Crippen LogP contribution in [0.2, 0.25) is 0 Å². The van der Waals surface area contributed by atoms with Crippen molar-refractivity contribution in [2.24, 2.45) is 0 Å². The molecule has 1 atom stereocenters.